The van der Waals surface area contributed by atoms with Gasteiger partial charge in [-0.3, -0.25) is 4.79 Å². The molecule has 1 atom stereocenters. The lowest BCUT2D eigenvalue weighted by atomic mass is 10.0. The fourth-order valence-electron chi connectivity index (χ4n) is 1.98. The van der Waals surface area contributed by atoms with Gasteiger partial charge in [0.1, 0.15) is 11.4 Å². The van der Waals surface area contributed by atoms with E-state index in [0.29, 0.717) is 10.8 Å². The lowest BCUT2D eigenvalue weighted by Gasteiger charge is -2.28. The molecule has 0 aliphatic carbocycles. The number of amides is 1. The maximum Gasteiger partial charge on any atom is 0.263 e. The van der Waals surface area contributed by atoms with Gasteiger partial charge in [0.25, 0.3) is 5.91 Å². The summed E-state index contributed by atoms with van der Waals surface area (Å²) in [7, 11) is 0. The van der Waals surface area contributed by atoms with Gasteiger partial charge < -0.3 is 15.2 Å². The van der Waals surface area contributed by atoms with E-state index >= 15 is 0 Å². The molecule has 2 rings (SSSR count). The highest BCUT2D eigenvalue weighted by molar-refractivity contribution is 7.10. The van der Waals surface area contributed by atoms with Gasteiger partial charge in [-0.15, -0.1) is 11.3 Å². The molecule has 124 valence electrons. The summed E-state index contributed by atoms with van der Waals surface area (Å²) in [5.41, 5.74) is -2.18. The molecule has 0 bridgehead atoms. The first kappa shape index (κ1) is 17.8. The molecule has 0 spiro atoms. The Morgan fingerprint density at radius 3 is 2.48 bits per heavy atom. The predicted octanol–water partition coefficient (Wildman–Crippen LogP) is 3.58. The largest absolute Gasteiger partial charge is 0.478 e. The molecule has 2 aromatic rings. The third kappa shape index (κ3) is 4.70. The number of thiophene rings is 1. The Labute approximate surface area is 145 Å². The first-order chi connectivity index (χ1) is 10.7. The van der Waals surface area contributed by atoms with Crippen LogP contribution >= 0.6 is 22.9 Å². The van der Waals surface area contributed by atoms with Crippen molar-refractivity contribution in [1.29, 1.82) is 0 Å². The van der Waals surface area contributed by atoms with Crippen molar-refractivity contribution in [2.75, 3.05) is 6.54 Å². The molecule has 4 nitrogen and oxygen atoms in total. The second-order valence-electron chi connectivity index (χ2n) is 6.00. The molecule has 1 aromatic heterocycles. The van der Waals surface area contributed by atoms with Crippen LogP contribution in [0.1, 0.15) is 25.6 Å². The molecular formula is C17H20ClNO3S. The van der Waals surface area contributed by atoms with E-state index in [1.165, 1.54) is 11.3 Å². The van der Waals surface area contributed by atoms with Crippen molar-refractivity contribution in [1.82, 2.24) is 5.32 Å². The zero-order chi connectivity index (χ0) is 17.1. The Morgan fingerprint density at radius 1 is 1.26 bits per heavy atom. The molecule has 1 amide bonds. The first-order valence-electron chi connectivity index (χ1n) is 7.20. The van der Waals surface area contributed by atoms with Crippen LogP contribution in [-0.2, 0) is 10.4 Å². The molecule has 0 fully saturated rings. The summed E-state index contributed by atoms with van der Waals surface area (Å²) in [4.78, 5) is 13.2. The Morgan fingerprint density at radius 2 is 1.91 bits per heavy atom. The molecule has 0 saturated heterocycles. The fourth-order valence-corrected chi connectivity index (χ4v) is 2.89. The SMILES string of the molecule is CC(C)(Oc1ccc(Cl)cc1)C(=O)NCC(C)(O)c1cccs1. The number of hydrogen-bond donors (Lipinski definition) is 2. The number of carbonyl (C=O) groups is 1. The first-order valence-corrected chi connectivity index (χ1v) is 8.46. The van der Waals surface area contributed by atoms with Crippen LogP contribution in [0.15, 0.2) is 41.8 Å². The number of benzene rings is 1. The highest BCUT2D eigenvalue weighted by atomic mass is 35.5. The van der Waals surface area contributed by atoms with E-state index in [9.17, 15) is 9.90 Å². The summed E-state index contributed by atoms with van der Waals surface area (Å²) in [5.74, 6) is 0.254. The summed E-state index contributed by atoms with van der Waals surface area (Å²) >= 11 is 7.28. The average Bonchev–Trinajstić information content (AvgIpc) is 3.02. The second kappa shape index (κ2) is 6.91. The van der Waals surface area contributed by atoms with Crippen LogP contribution in [0.2, 0.25) is 5.02 Å². The minimum Gasteiger partial charge on any atom is -0.478 e. The minimum absolute atomic E-state index is 0.111. The van der Waals surface area contributed by atoms with Crippen LogP contribution < -0.4 is 10.1 Å². The number of rotatable bonds is 6. The van der Waals surface area contributed by atoms with Crippen molar-refractivity contribution >= 4 is 28.8 Å². The predicted molar refractivity (Wildman–Crippen MR) is 93.1 cm³/mol. The Hall–Kier alpha value is -1.56. The van der Waals surface area contributed by atoms with Crippen molar-refractivity contribution in [2.45, 2.75) is 32.0 Å². The van der Waals surface area contributed by atoms with Gasteiger partial charge in [0.15, 0.2) is 5.60 Å². The maximum atomic E-state index is 12.4. The molecule has 1 heterocycles. The quantitative estimate of drug-likeness (QED) is 0.834. The summed E-state index contributed by atoms with van der Waals surface area (Å²) in [6, 6.07) is 10.5. The molecule has 0 aliphatic rings. The molecule has 6 heteroatoms. The van der Waals surface area contributed by atoms with Gasteiger partial charge >= 0.3 is 0 Å². The normalized spacial score (nSPS) is 14.1. The van der Waals surface area contributed by atoms with Gasteiger partial charge in [-0.1, -0.05) is 17.7 Å². The van der Waals surface area contributed by atoms with Crippen molar-refractivity contribution in [3.8, 4) is 5.75 Å². The third-order valence-corrected chi connectivity index (χ3v) is 4.75. The molecule has 2 N–H and O–H groups in total. The van der Waals surface area contributed by atoms with Crippen molar-refractivity contribution < 1.29 is 14.6 Å². The molecular weight excluding hydrogens is 334 g/mol. The zero-order valence-electron chi connectivity index (χ0n) is 13.3. The number of ether oxygens (including phenoxy) is 1. The van der Waals surface area contributed by atoms with E-state index in [2.05, 4.69) is 5.32 Å². The number of halogens is 1. The second-order valence-corrected chi connectivity index (χ2v) is 7.38. The van der Waals surface area contributed by atoms with Gasteiger partial charge in [-0.05, 0) is 56.5 Å². The summed E-state index contributed by atoms with van der Waals surface area (Å²) in [5, 5.41) is 15.7. The Kier molecular flexibility index (Phi) is 5.34. The summed E-state index contributed by atoms with van der Waals surface area (Å²) < 4.78 is 5.72. The van der Waals surface area contributed by atoms with Gasteiger partial charge in [0.2, 0.25) is 0 Å². The number of hydrogen-bond acceptors (Lipinski definition) is 4. The number of aliphatic hydroxyl groups is 1. The average molecular weight is 354 g/mol. The standard InChI is InChI=1S/C17H20ClNO3S/c1-16(2,22-13-8-6-12(18)7-9-13)15(20)19-11-17(3,21)14-5-4-10-23-14/h4-10,21H,11H2,1-3H3,(H,19,20). The van der Waals surface area contributed by atoms with Crippen LogP contribution in [-0.4, -0.2) is 23.2 Å². The maximum absolute atomic E-state index is 12.4. The van der Waals surface area contributed by atoms with Crippen LogP contribution in [0.4, 0.5) is 0 Å². The third-order valence-electron chi connectivity index (χ3n) is 3.38. The molecule has 1 aromatic carbocycles. The van der Waals surface area contributed by atoms with Gasteiger partial charge in [0.05, 0.1) is 6.54 Å². The van der Waals surface area contributed by atoms with Crippen LogP contribution in [0.25, 0.3) is 0 Å². The molecule has 0 radical (unpaired) electrons. The molecule has 0 aliphatic heterocycles. The van der Waals surface area contributed by atoms with Gasteiger partial charge in [-0.2, -0.15) is 0 Å². The van der Waals surface area contributed by atoms with E-state index in [4.69, 9.17) is 16.3 Å². The monoisotopic (exact) mass is 353 g/mol. The van der Waals surface area contributed by atoms with E-state index < -0.39 is 11.2 Å². The number of carbonyl (C=O) groups excluding carboxylic acids is 1. The van der Waals surface area contributed by atoms with Crippen LogP contribution in [0, 0.1) is 0 Å². The van der Waals surface area contributed by atoms with Gasteiger partial charge in [0, 0.05) is 9.90 Å². The lowest BCUT2D eigenvalue weighted by molar-refractivity contribution is -0.135. The smallest absolute Gasteiger partial charge is 0.263 e. The van der Waals surface area contributed by atoms with E-state index in [1.54, 1.807) is 45.0 Å². The lowest BCUT2D eigenvalue weighted by Crippen LogP contribution is -2.50. The summed E-state index contributed by atoms with van der Waals surface area (Å²) in [6.07, 6.45) is 0. The van der Waals surface area contributed by atoms with E-state index in [-0.39, 0.29) is 12.5 Å². The van der Waals surface area contributed by atoms with Crippen LogP contribution in [0.3, 0.4) is 0 Å². The van der Waals surface area contributed by atoms with E-state index in [0.717, 1.165) is 4.88 Å². The zero-order valence-corrected chi connectivity index (χ0v) is 14.9. The molecule has 23 heavy (non-hydrogen) atoms. The highest BCUT2D eigenvalue weighted by Gasteiger charge is 2.32. The Balaban J connectivity index is 1.97. The fraction of sp³-hybridized carbons (Fsp3) is 0.353. The number of nitrogens with one attached hydrogen (secondary N) is 1. The Bertz CT molecular complexity index is 651. The van der Waals surface area contributed by atoms with Crippen molar-refractivity contribution in [3.05, 3.63) is 51.7 Å². The highest BCUT2D eigenvalue weighted by Crippen LogP contribution is 2.25. The topological polar surface area (TPSA) is 58.6 Å². The summed E-state index contributed by atoms with van der Waals surface area (Å²) in [6.45, 7) is 5.14. The van der Waals surface area contributed by atoms with E-state index in [1.807, 2.05) is 17.5 Å². The van der Waals surface area contributed by atoms with Gasteiger partial charge in [-0.25, -0.2) is 0 Å². The molecule has 0 saturated carbocycles. The minimum atomic E-state index is -1.11. The van der Waals surface area contributed by atoms with Crippen molar-refractivity contribution in [2.24, 2.45) is 0 Å². The van der Waals surface area contributed by atoms with Crippen molar-refractivity contribution in [3.63, 3.8) is 0 Å². The van der Waals surface area contributed by atoms with Crippen LogP contribution in [0.5, 0.6) is 5.75 Å². The molecule has 1 unspecified atom stereocenters.